The third kappa shape index (κ3) is 2.39. The molecule has 2 rings (SSSR count). The largest absolute Gasteiger partial charge is 0.466 e. The van der Waals surface area contributed by atoms with Crippen molar-refractivity contribution in [1.29, 1.82) is 0 Å². The standard InChI is InChI=1S/C12H12O2S2/c1-2-14-12(13)5-8-7-16-11-6-9(15)3-4-10(8)11/h3-4,6-7,15H,2,5H2,1H3. The molecule has 0 saturated carbocycles. The van der Waals surface area contributed by atoms with Crippen LogP contribution in [-0.2, 0) is 16.0 Å². The number of thiol groups is 1. The fraction of sp³-hybridized carbons (Fsp3) is 0.250. The molecular weight excluding hydrogens is 240 g/mol. The average Bonchev–Trinajstić information content (AvgIpc) is 2.61. The third-order valence-corrected chi connectivity index (χ3v) is 3.55. The second-order valence-electron chi connectivity index (χ2n) is 3.42. The van der Waals surface area contributed by atoms with Crippen LogP contribution >= 0.6 is 24.0 Å². The summed E-state index contributed by atoms with van der Waals surface area (Å²) >= 11 is 5.92. The summed E-state index contributed by atoms with van der Waals surface area (Å²) in [4.78, 5) is 12.3. The van der Waals surface area contributed by atoms with E-state index >= 15 is 0 Å². The monoisotopic (exact) mass is 252 g/mol. The molecule has 4 heteroatoms. The average molecular weight is 252 g/mol. The van der Waals surface area contributed by atoms with Crippen molar-refractivity contribution < 1.29 is 9.53 Å². The molecular formula is C12H12O2S2. The van der Waals surface area contributed by atoms with Gasteiger partial charge >= 0.3 is 5.97 Å². The van der Waals surface area contributed by atoms with Gasteiger partial charge in [0, 0.05) is 9.60 Å². The van der Waals surface area contributed by atoms with Gasteiger partial charge in [-0.25, -0.2) is 0 Å². The number of carbonyl (C=O) groups is 1. The van der Waals surface area contributed by atoms with Gasteiger partial charge in [-0.15, -0.1) is 24.0 Å². The molecule has 16 heavy (non-hydrogen) atoms. The van der Waals surface area contributed by atoms with Crippen LogP contribution in [0.25, 0.3) is 10.1 Å². The fourth-order valence-corrected chi connectivity index (χ4v) is 2.87. The van der Waals surface area contributed by atoms with E-state index in [0.29, 0.717) is 13.0 Å². The number of benzene rings is 1. The molecule has 0 bridgehead atoms. The van der Waals surface area contributed by atoms with E-state index in [1.807, 2.05) is 30.5 Å². The lowest BCUT2D eigenvalue weighted by Gasteiger charge is -2.00. The number of fused-ring (bicyclic) bond motifs is 1. The van der Waals surface area contributed by atoms with Crippen LogP contribution in [0.2, 0.25) is 0 Å². The van der Waals surface area contributed by atoms with Gasteiger partial charge in [0.25, 0.3) is 0 Å². The Morgan fingerprint density at radius 2 is 2.31 bits per heavy atom. The quantitative estimate of drug-likeness (QED) is 0.670. The zero-order chi connectivity index (χ0) is 11.5. The van der Waals surface area contributed by atoms with Crippen molar-refractivity contribution in [2.45, 2.75) is 18.2 Å². The van der Waals surface area contributed by atoms with E-state index in [9.17, 15) is 4.79 Å². The molecule has 0 unspecified atom stereocenters. The Bertz CT molecular complexity index is 517. The van der Waals surface area contributed by atoms with E-state index in [4.69, 9.17) is 4.74 Å². The normalized spacial score (nSPS) is 10.6. The maximum absolute atomic E-state index is 11.4. The smallest absolute Gasteiger partial charge is 0.310 e. The van der Waals surface area contributed by atoms with E-state index in [-0.39, 0.29) is 5.97 Å². The van der Waals surface area contributed by atoms with Gasteiger partial charge in [0.05, 0.1) is 13.0 Å². The molecule has 0 fully saturated rings. The predicted octanol–water partition coefficient (Wildman–Crippen LogP) is 3.30. The van der Waals surface area contributed by atoms with Crippen LogP contribution in [-0.4, -0.2) is 12.6 Å². The summed E-state index contributed by atoms with van der Waals surface area (Å²) in [5.74, 6) is -0.169. The predicted molar refractivity (Wildman–Crippen MR) is 69.4 cm³/mol. The minimum atomic E-state index is -0.169. The molecule has 2 nitrogen and oxygen atoms in total. The number of thiophene rings is 1. The number of hydrogen-bond donors (Lipinski definition) is 1. The highest BCUT2D eigenvalue weighted by Crippen LogP contribution is 2.28. The number of ether oxygens (including phenoxy) is 1. The lowest BCUT2D eigenvalue weighted by Crippen LogP contribution is -2.06. The van der Waals surface area contributed by atoms with E-state index in [0.717, 1.165) is 20.5 Å². The van der Waals surface area contributed by atoms with Crippen molar-refractivity contribution in [3.8, 4) is 0 Å². The van der Waals surface area contributed by atoms with Crippen LogP contribution in [0.1, 0.15) is 12.5 Å². The van der Waals surface area contributed by atoms with Crippen LogP contribution in [0.3, 0.4) is 0 Å². The maximum atomic E-state index is 11.4. The highest BCUT2D eigenvalue weighted by molar-refractivity contribution is 7.80. The Hall–Kier alpha value is -1.00. The molecule has 0 aliphatic carbocycles. The van der Waals surface area contributed by atoms with Gasteiger partial charge in [-0.2, -0.15) is 0 Å². The minimum Gasteiger partial charge on any atom is -0.466 e. The Kier molecular flexibility index (Phi) is 3.51. The first-order valence-electron chi connectivity index (χ1n) is 5.05. The SMILES string of the molecule is CCOC(=O)Cc1csc2cc(S)ccc12. The van der Waals surface area contributed by atoms with E-state index in [1.54, 1.807) is 11.3 Å². The zero-order valence-corrected chi connectivity index (χ0v) is 10.6. The van der Waals surface area contributed by atoms with Crippen molar-refractivity contribution in [3.05, 3.63) is 29.1 Å². The second-order valence-corrected chi connectivity index (χ2v) is 4.85. The fourth-order valence-electron chi connectivity index (χ4n) is 1.58. The lowest BCUT2D eigenvalue weighted by atomic mass is 10.1. The summed E-state index contributed by atoms with van der Waals surface area (Å²) in [6.45, 7) is 2.25. The highest BCUT2D eigenvalue weighted by Gasteiger charge is 2.09. The molecule has 0 aliphatic heterocycles. The van der Waals surface area contributed by atoms with E-state index in [2.05, 4.69) is 12.6 Å². The molecule has 0 saturated heterocycles. The molecule has 0 aliphatic rings. The van der Waals surface area contributed by atoms with Crippen molar-refractivity contribution in [2.75, 3.05) is 6.61 Å². The lowest BCUT2D eigenvalue weighted by molar-refractivity contribution is -0.142. The molecule has 1 aromatic heterocycles. The van der Waals surface area contributed by atoms with Gasteiger partial charge < -0.3 is 4.74 Å². The van der Waals surface area contributed by atoms with E-state index in [1.165, 1.54) is 0 Å². The van der Waals surface area contributed by atoms with Gasteiger partial charge in [-0.05, 0) is 35.4 Å². The first kappa shape index (κ1) is 11.5. The molecule has 0 N–H and O–H groups in total. The Morgan fingerprint density at radius 3 is 3.06 bits per heavy atom. The first-order valence-corrected chi connectivity index (χ1v) is 6.38. The van der Waals surface area contributed by atoms with Gasteiger partial charge in [0.15, 0.2) is 0 Å². The first-order chi connectivity index (χ1) is 7.70. The summed E-state index contributed by atoms with van der Waals surface area (Å²) in [7, 11) is 0. The van der Waals surface area contributed by atoms with Crippen LogP contribution in [0.15, 0.2) is 28.5 Å². The molecule has 0 amide bonds. The topological polar surface area (TPSA) is 26.3 Å². The van der Waals surface area contributed by atoms with Crippen molar-refractivity contribution >= 4 is 40.0 Å². The van der Waals surface area contributed by atoms with Gasteiger partial charge in [-0.3, -0.25) is 4.79 Å². The second kappa shape index (κ2) is 4.89. The summed E-state index contributed by atoms with van der Waals surface area (Å²) in [6.07, 6.45) is 0.347. The van der Waals surface area contributed by atoms with Crippen molar-refractivity contribution in [2.24, 2.45) is 0 Å². The summed E-state index contributed by atoms with van der Waals surface area (Å²) in [5, 5.41) is 3.13. The Morgan fingerprint density at radius 1 is 1.50 bits per heavy atom. The molecule has 1 aromatic carbocycles. The van der Waals surface area contributed by atoms with Crippen molar-refractivity contribution in [3.63, 3.8) is 0 Å². The molecule has 1 heterocycles. The van der Waals surface area contributed by atoms with Crippen LogP contribution < -0.4 is 0 Å². The molecule has 84 valence electrons. The number of esters is 1. The van der Waals surface area contributed by atoms with Crippen LogP contribution in [0, 0.1) is 0 Å². The van der Waals surface area contributed by atoms with Gasteiger partial charge in [0.1, 0.15) is 0 Å². The highest BCUT2D eigenvalue weighted by atomic mass is 32.1. The Labute approximate surface area is 104 Å². The van der Waals surface area contributed by atoms with Crippen LogP contribution in [0.4, 0.5) is 0 Å². The van der Waals surface area contributed by atoms with E-state index < -0.39 is 0 Å². The summed E-state index contributed by atoms with van der Waals surface area (Å²) in [5.41, 5.74) is 1.03. The maximum Gasteiger partial charge on any atom is 0.310 e. The number of hydrogen-bond acceptors (Lipinski definition) is 4. The molecule has 2 aromatic rings. The number of rotatable bonds is 3. The van der Waals surface area contributed by atoms with Gasteiger partial charge in [-0.1, -0.05) is 6.07 Å². The summed E-state index contributed by atoms with van der Waals surface area (Å²) in [6, 6.07) is 5.95. The van der Waals surface area contributed by atoms with Crippen molar-refractivity contribution in [1.82, 2.24) is 0 Å². The summed E-state index contributed by atoms with van der Waals surface area (Å²) < 4.78 is 6.10. The number of carbonyl (C=O) groups excluding carboxylic acids is 1. The minimum absolute atomic E-state index is 0.169. The zero-order valence-electron chi connectivity index (χ0n) is 8.90. The Balaban J connectivity index is 2.28. The molecule has 0 radical (unpaired) electrons. The molecule has 0 atom stereocenters. The van der Waals surface area contributed by atoms with Crippen LogP contribution in [0.5, 0.6) is 0 Å². The molecule has 0 spiro atoms. The third-order valence-electron chi connectivity index (χ3n) is 2.28. The van der Waals surface area contributed by atoms with Gasteiger partial charge in [0.2, 0.25) is 0 Å².